The normalized spacial score (nSPS) is 11.2. The number of benzene rings is 3. The van der Waals surface area contributed by atoms with E-state index in [-0.39, 0.29) is 21.7 Å². The summed E-state index contributed by atoms with van der Waals surface area (Å²) in [5, 5.41) is 0. The van der Waals surface area contributed by atoms with Gasteiger partial charge < -0.3 is 0 Å². The van der Waals surface area contributed by atoms with E-state index in [1.807, 2.05) is 6.92 Å². The zero-order chi connectivity index (χ0) is 19.6. The Bertz CT molecular complexity index is 1110. The lowest BCUT2D eigenvalue weighted by Crippen LogP contribution is -2.16. The minimum atomic E-state index is -3.90. The number of carbonyl (C=O) groups excluding carboxylic acids is 1. The molecule has 0 atom stereocenters. The number of sulfonamides is 1. The van der Waals surface area contributed by atoms with E-state index in [0.29, 0.717) is 4.47 Å². The fraction of sp³-hybridized carbons (Fsp3) is 0.0500. The Hall–Kier alpha value is -2.51. The molecule has 3 aromatic carbocycles. The summed E-state index contributed by atoms with van der Waals surface area (Å²) < 4.78 is 42.4. The first kappa shape index (κ1) is 19.3. The SMILES string of the molecule is Cc1ccc(S(=O)(=O)Nc2ccc(Br)cc2C(=O)c2ccccc2F)cc1. The van der Waals surface area contributed by atoms with E-state index in [9.17, 15) is 17.6 Å². The maximum absolute atomic E-state index is 14.0. The first-order chi connectivity index (χ1) is 12.8. The van der Waals surface area contributed by atoms with E-state index in [1.54, 1.807) is 24.3 Å². The molecule has 0 heterocycles. The number of anilines is 1. The Morgan fingerprint density at radius 2 is 1.63 bits per heavy atom. The van der Waals surface area contributed by atoms with Crippen molar-refractivity contribution in [2.45, 2.75) is 11.8 Å². The predicted octanol–water partition coefficient (Wildman–Crippen LogP) is 4.93. The van der Waals surface area contributed by atoms with Crippen LogP contribution in [-0.4, -0.2) is 14.2 Å². The molecule has 0 unspecified atom stereocenters. The van der Waals surface area contributed by atoms with E-state index in [1.165, 1.54) is 42.5 Å². The van der Waals surface area contributed by atoms with Crippen molar-refractivity contribution in [3.05, 3.63) is 93.7 Å². The van der Waals surface area contributed by atoms with Crippen LogP contribution in [0.1, 0.15) is 21.5 Å². The van der Waals surface area contributed by atoms with Crippen LogP contribution in [0.15, 0.2) is 76.1 Å². The molecule has 4 nitrogen and oxygen atoms in total. The van der Waals surface area contributed by atoms with Gasteiger partial charge in [-0.1, -0.05) is 45.8 Å². The van der Waals surface area contributed by atoms with Gasteiger partial charge in [0.15, 0.2) is 5.78 Å². The van der Waals surface area contributed by atoms with E-state index in [2.05, 4.69) is 20.7 Å². The fourth-order valence-corrected chi connectivity index (χ4v) is 3.95. The van der Waals surface area contributed by atoms with E-state index in [0.717, 1.165) is 5.56 Å². The summed E-state index contributed by atoms with van der Waals surface area (Å²) in [5.41, 5.74) is 0.914. The molecular weight excluding hydrogens is 433 g/mol. The Labute approximate surface area is 165 Å². The molecule has 7 heteroatoms. The summed E-state index contributed by atoms with van der Waals surface area (Å²) in [7, 11) is -3.90. The number of aryl methyl sites for hydroxylation is 1. The highest BCUT2D eigenvalue weighted by atomic mass is 79.9. The van der Waals surface area contributed by atoms with Gasteiger partial charge in [-0.05, 0) is 49.4 Å². The lowest BCUT2D eigenvalue weighted by molar-refractivity contribution is 0.103. The molecule has 0 radical (unpaired) electrons. The quantitative estimate of drug-likeness (QED) is 0.564. The monoisotopic (exact) mass is 447 g/mol. The van der Waals surface area contributed by atoms with E-state index >= 15 is 0 Å². The van der Waals surface area contributed by atoms with E-state index in [4.69, 9.17) is 0 Å². The first-order valence-electron chi connectivity index (χ1n) is 7.96. The summed E-state index contributed by atoms with van der Waals surface area (Å²) in [4.78, 5) is 12.9. The maximum Gasteiger partial charge on any atom is 0.261 e. The minimum absolute atomic E-state index is 0.0464. The van der Waals surface area contributed by atoms with Crippen LogP contribution in [0.3, 0.4) is 0 Å². The van der Waals surface area contributed by atoms with Gasteiger partial charge in [0, 0.05) is 10.0 Å². The number of ketones is 1. The second-order valence-electron chi connectivity index (χ2n) is 5.92. The molecule has 27 heavy (non-hydrogen) atoms. The third-order valence-electron chi connectivity index (χ3n) is 3.92. The highest BCUT2D eigenvalue weighted by Crippen LogP contribution is 2.27. The average Bonchev–Trinajstić information content (AvgIpc) is 2.63. The average molecular weight is 448 g/mol. The number of carbonyl (C=O) groups is 1. The minimum Gasteiger partial charge on any atom is -0.288 e. The van der Waals surface area contributed by atoms with Gasteiger partial charge in [0.2, 0.25) is 0 Å². The lowest BCUT2D eigenvalue weighted by Gasteiger charge is -2.13. The molecule has 3 aromatic rings. The van der Waals surface area contributed by atoms with Gasteiger partial charge in [0.05, 0.1) is 16.1 Å². The van der Waals surface area contributed by atoms with Crippen molar-refractivity contribution in [3.8, 4) is 0 Å². The molecule has 0 spiro atoms. The highest BCUT2D eigenvalue weighted by Gasteiger charge is 2.21. The summed E-state index contributed by atoms with van der Waals surface area (Å²) in [6, 6.07) is 16.4. The highest BCUT2D eigenvalue weighted by molar-refractivity contribution is 9.10. The molecule has 0 saturated carbocycles. The second-order valence-corrected chi connectivity index (χ2v) is 8.52. The third kappa shape index (κ3) is 4.26. The number of halogens is 2. The molecule has 0 aliphatic carbocycles. The van der Waals surface area contributed by atoms with Gasteiger partial charge in [-0.15, -0.1) is 0 Å². The first-order valence-corrected chi connectivity index (χ1v) is 10.2. The molecule has 0 aromatic heterocycles. The van der Waals surface area contributed by atoms with Crippen LogP contribution in [0.4, 0.5) is 10.1 Å². The van der Waals surface area contributed by atoms with Gasteiger partial charge >= 0.3 is 0 Å². The van der Waals surface area contributed by atoms with Gasteiger partial charge in [0.25, 0.3) is 10.0 Å². The largest absolute Gasteiger partial charge is 0.288 e. The zero-order valence-corrected chi connectivity index (χ0v) is 16.6. The zero-order valence-electron chi connectivity index (χ0n) is 14.2. The molecule has 0 bridgehead atoms. The van der Waals surface area contributed by atoms with Gasteiger partial charge in [-0.2, -0.15) is 0 Å². The Balaban J connectivity index is 2.03. The van der Waals surface area contributed by atoms with Crippen LogP contribution in [0.2, 0.25) is 0 Å². The fourth-order valence-electron chi connectivity index (χ4n) is 2.50. The third-order valence-corrected chi connectivity index (χ3v) is 5.79. The molecule has 0 saturated heterocycles. The summed E-state index contributed by atoms with van der Waals surface area (Å²) in [6.07, 6.45) is 0. The number of rotatable bonds is 5. The van der Waals surface area contributed by atoms with Crippen molar-refractivity contribution in [2.75, 3.05) is 4.72 Å². The van der Waals surface area contributed by atoms with Crippen molar-refractivity contribution in [1.82, 2.24) is 0 Å². The van der Waals surface area contributed by atoms with Crippen LogP contribution >= 0.6 is 15.9 Å². The molecule has 0 aliphatic rings. The Morgan fingerprint density at radius 1 is 0.963 bits per heavy atom. The number of nitrogens with one attached hydrogen (secondary N) is 1. The van der Waals surface area contributed by atoms with Gasteiger partial charge in [0.1, 0.15) is 5.82 Å². The van der Waals surface area contributed by atoms with Crippen LogP contribution in [-0.2, 0) is 10.0 Å². The van der Waals surface area contributed by atoms with Gasteiger partial charge in [-0.3, -0.25) is 9.52 Å². The molecule has 0 fully saturated rings. The van der Waals surface area contributed by atoms with Crippen LogP contribution < -0.4 is 4.72 Å². The molecule has 1 N–H and O–H groups in total. The molecule has 0 aliphatic heterocycles. The molecular formula is C20H15BrFNO3S. The molecule has 138 valence electrons. The van der Waals surface area contributed by atoms with Crippen molar-refractivity contribution in [1.29, 1.82) is 0 Å². The Morgan fingerprint density at radius 3 is 2.30 bits per heavy atom. The van der Waals surface area contributed by atoms with Crippen LogP contribution in [0.25, 0.3) is 0 Å². The summed E-state index contributed by atoms with van der Waals surface area (Å²) in [5.74, 6) is -1.29. The van der Waals surface area contributed by atoms with Crippen molar-refractivity contribution < 1.29 is 17.6 Å². The van der Waals surface area contributed by atoms with E-state index < -0.39 is 21.6 Å². The smallest absolute Gasteiger partial charge is 0.261 e. The topological polar surface area (TPSA) is 63.2 Å². The van der Waals surface area contributed by atoms with Crippen molar-refractivity contribution in [3.63, 3.8) is 0 Å². The second kappa shape index (κ2) is 7.62. The van der Waals surface area contributed by atoms with Gasteiger partial charge in [-0.25, -0.2) is 12.8 Å². The van der Waals surface area contributed by atoms with Crippen molar-refractivity contribution >= 4 is 37.4 Å². The van der Waals surface area contributed by atoms with Crippen LogP contribution in [0, 0.1) is 12.7 Å². The molecule has 3 rings (SSSR count). The van der Waals surface area contributed by atoms with Crippen molar-refractivity contribution in [2.24, 2.45) is 0 Å². The number of hydrogen-bond donors (Lipinski definition) is 1. The molecule has 0 amide bonds. The Kier molecular flexibility index (Phi) is 5.43. The van der Waals surface area contributed by atoms with Crippen LogP contribution in [0.5, 0.6) is 0 Å². The lowest BCUT2D eigenvalue weighted by atomic mass is 10.0. The summed E-state index contributed by atoms with van der Waals surface area (Å²) in [6.45, 7) is 1.85. The summed E-state index contributed by atoms with van der Waals surface area (Å²) >= 11 is 3.27. The standard InChI is InChI=1S/C20H15BrFNO3S/c1-13-6-9-15(10-7-13)27(25,26)23-19-11-8-14(21)12-17(19)20(24)16-4-2-3-5-18(16)22/h2-12,23H,1H3. The predicted molar refractivity (Wildman–Crippen MR) is 106 cm³/mol. The number of hydrogen-bond acceptors (Lipinski definition) is 3. The maximum atomic E-state index is 14.0.